The van der Waals surface area contributed by atoms with Gasteiger partial charge in [-0.05, 0) is 77.8 Å². The highest BCUT2D eigenvalue weighted by atomic mass is 127. The minimum Gasteiger partial charge on any atom is -0.396 e. The van der Waals surface area contributed by atoms with Gasteiger partial charge in [0, 0.05) is 6.61 Å². The van der Waals surface area contributed by atoms with Gasteiger partial charge in [-0.2, -0.15) is 0 Å². The quantitative estimate of drug-likeness (QED) is 0.634. The lowest BCUT2D eigenvalue weighted by molar-refractivity contribution is 0.182. The third-order valence-electron chi connectivity index (χ3n) is 3.58. The van der Waals surface area contributed by atoms with Crippen LogP contribution in [0.3, 0.4) is 0 Å². The number of hydrogen-bond donors (Lipinski definition) is 1. The molecule has 94 valence electrons. The Hall–Kier alpha value is -0.230. The van der Waals surface area contributed by atoms with Crippen molar-refractivity contribution in [1.29, 1.82) is 0 Å². The Labute approximate surface area is 113 Å². The van der Waals surface area contributed by atoms with E-state index in [9.17, 15) is 8.78 Å². The van der Waals surface area contributed by atoms with E-state index < -0.39 is 11.6 Å². The Morgan fingerprint density at radius 2 is 1.65 bits per heavy atom. The van der Waals surface area contributed by atoms with E-state index in [-0.39, 0.29) is 16.1 Å². The molecule has 0 aromatic heterocycles. The van der Waals surface area contributed by atoms with E-state index in [1.807, 2.05) is 0 Å². The van der Waals surface area contributed by atoms with Crippen LogP contribution in [0.1, 0.15) is 37.2 Å². The average Bonchev–Trinajstić information content (AvgIpc) is 2.35. The summed E-state index contributed by atoms with van der Waals surface area (Å²) in [6.07, 6.45) is 3.70. The molecular weight excluding hydrogens is 337 g/mol. The Morgan fingerprint density at radius 1 is 1.12 bits per heavy atom. The molecule has 0 radical (unpaired) electrons. The van der Waals surface area contributed by atoms with Gasteiger partial charge in [0.1, 0.15) is 11.6 Å². The maximum absolute atomic E-state index is 13.5. The van der Waals surface area contributed by atoms with E-state index in [4.69, 9.17) is 5.11 Å². The summed E-state index contributed by atoms with van der Waals surface area (Å²) in [5.41, 5.74) is 0.761. The molecule has 1 aliphatic carbocycles. The van der Waals surface area contributed by atoms with Crippen LogP contribution in [0.25, 0.3) is 0 Å². The molecule has 4 heteroatoms. The molecule has 1 fully saturated rings. The first-order chi connectivity index (χ1) is 8.11. The van der Waals surface area contributed by atoms with Gasteiger partial charge in [-0.15, -0.1) is 0 Å². The van der Waals surface area contributed by atoms with Gasteiger partial charge >= 0.3 is 0 Å². The fourth-order valence-corrected chi connectivity index (χ4v) is 2.80. The number of aliphatic hydroxyl groups excluding tert-OH is 1. The average molecular weight is 352 g/mol. The van der Waals surface area contributed by atoms with E-state index in [1.54, 1.807) is 22.6 Å². The highest BCUT2D eigenvalue weighted by Crippen LogP contribution is 2.36. The maximum atomic E-state index is 13.5. The fraction of sp³-hybridized carbons (Fsp3) is 0.538. The molecule has 1 aromatic carbocycles. The molecule has 1 aromatic rings. The van der Waals surface area contributed by atoms with Crippen LogP contribution in [0.15, 0.2) is 12.1 Å². The third-order valence-corrected chi connectivity index (χ3v) is 4.61. The van der Waals surface area contributed by atoms with Gasteiger partial charge in [0.15, 0.2) is 0 Å². The summed E-state index contributed by atoms with van der Waals surface area (Å²) in [7, 11) is 0. The SMILES string of the molecule is OCC1CCC(c2cc(F)c(I)c(F)c2)CC1. The summed E-state index contributed by atoms with van der Waals surface area (Å²) in [6.45, 7) is 0.224. The second-order valence-corrected chi connectivity index (χ2v) is 5.78. The van der Waals surface area contributed by atoms with Crippen molar-refractivity contribution in [2.24, 2.45) is 5.92 Å². The van der Waals surface area contributed by atoms with E-state index in [2.05, 4.69) is 0 Å². The van der Waals surface area contributed by atoms with Crippen molar-refractivity contribution >= 4 is 22.6 Å². The summed E-state index contributed by atoms with van der Waals surface area (Å²) in [5, 5.41) is 9.05. The van der Waals surface area contributed by atoms with Crippen LogP contribution in [0, 0.1) is 21.1 Å². The lowest BCUT2D eigenvalue weighted by Crippen LogP contribution is -2.16. The molecule has 0 bridgehead atoms. The lowest BCUT2D eigenvalue weighted by atomic mass is 9.79. The monoisotopic (exact) mass is 352 g/mol. The molecule has 0 spiro atoms. The van der Waals surface area contributed by atoms with Crippen LogP contribution in [-0.2, 0) is 0 Å². The van der Waals surface area contributed by atoms with Crippen molar-refractivity contribution in [1.82, 2.24) is 0 Å². The fourth-order valence-electron chi connectivity index (χ4n) is 2.49. The van der Waals surface area contributed by atoms with Gasteiger partial charge in [0.25, 0.3) is 0 Å². The normalized spacial score (nSPS) is 24.9. The molecule has 0 amide bonds. The van der Waals surface area contributed by atoms with Crippen molar-refractivity contribution in [2.45, 2.75) is 31.6 Å². The van der Waals surface area contributed by atoms with Crippen LogP contribution < -0.4 is 0 Å². The number of benzene rings is 1. The van der Waals surface area contributed by atoms with Crippen molar-refractivity contribution in [3.05, 3.63) is 32.9 Å². The standard InChI is InChI=1S/C13H15F2IO/c14-11-5-10(6-12(15)13(11)16)9-3-1-8(7-17)2-4-9/h5-6,8-9,17H,1-4,7H2. The molecule has 0 heterocycles. The Bertz CT molecular complexity index is 377. The molecule has 0 aliphatic heterocycles. The first-order valence-electron chi connectivity index (χ1n) is 5.87. The molecule has 1 aliphatic rings. The van der Waals surface area contributed by atoms with Crippen LogP contribution >= 0.6 is 22.6 Å². The topological polar surface area (TPSA) is 20.2 Å². The molecule has 17 heavy (non-hydrogen) atoms. The zero-order valence-electron chi connectivity index (χ0n) is 9.43. The van der Waals surface area contributed by atoms with Crippen LogP contribution in [0.5, 0.6) is 0 Å². The largest absolute Gasteiger partial charge is 0.396 e. The van der Waals surface area contributed by atoms with Gasteiger partial charge in [-0.3, -0.25) is 0 Å². The van der Waals surface area contributed by atoms with Crippen molar-refractivity contribution in [2.75, 3.05) is 6.61 Å². The smallest absolute Gasteiger partial charge is 0.139 e. The third kappa shape index (κ3) is 2.96. The number of aliphatic hydroxyl groups is 1. The summed E-state index contributed by atoms with van der Waals surface area (Å²) < 4.78 is 27.0. The second kappa shape index (κ2) is 5.61. The molecule has 1 saturated carbocycles. The zero-order valence-corrected chi connectivity index (χ0v) is 11.6. The molecule has 0 saturated heterocycles. The summed E-state index contributed by atoms with van der Waals surface area (Å²) in [4.78, 5) is 0. The van der Waals surface area contributed by atoms with Crippen molar-refractivity contribution < 1.29 is 13.9 Å². The predicted molar refractivity (Wildman–Crippen MR) is 70.9 cm³/mol. The molecule has 1 nitrogen and oxygen atoms in total. The van der Waals surface area contributed by atoms with Gasteiger partial charge in [0.2, 0.25) is 0 Å². The van der Waals surface area contributed by atoms with E-state index >= 15 is 0 Å². The van der Waals surface area contributed by atoms with Crippen LogP contribution in [0.2, 0.25) is 0 Å². The zero-order chi connectivity index (χ0) is 12.4. The summed E-state index contributed by atoms with van der Waals surface area (Å²) in [6, 6.07) is 2.91. The summed E-state index contributed by atoms with van der Waals surface area (Å²) >= 11 is 1.68. The van der Waals surface area contributed by atoms with Gasteiger partial charge < -0.3 is 5.11 Å². The summed E-state index contributed by atoms with van der Waals surface area (Å²) in [5.74, 6) is -0.335. The first-order valence-corrected chi connectivity index (χ1v) is 6.95. The predicted octanol–water partition coefficient (Wildman–Crippen LogP) is 3.84. The number of hydrogen-bond acceptors (Lipinski definition) is 1. The highest BCUT2D eigenvalue weighted by Gasteiger charge is 2.23. The highest BCUT2D eigenvalue weighted by molar-refractivity contribution is 14.1. The lowest BCUT2D eigenvalue weighted by Gasteiger charge is -2.27. The molecule has 2 rings (SSSR count). The van der Waals surface area contributed by atoms with Gasteiger partial charge in [-0.25, -0.2) is 8.78 Å². The Morgan fingerprint density at radius 3 is 2.12 bits per heavy atom. The van der Waals surface area contributed by atoms with E-state index in [0.29, 0.717) is 5.92 Å². The minimum absolute atomic E-state index is 0.0652. The maximum Gasteiger partial charge on any atom is 0.139 e. The van der Waals surface area contributed by atoms with Crippen LogP contribution in [0.4, 0.5) is 8.78 Å². The minimum atomic E-state index is -0.468. The molecule has 0 atom stereocenters. The van der Waals surface area contributed by atoms with Crippen LogP contribution in [-0.4, -0.2) is 11.7 Å². The van der Waals surface area contributed by atoms with E-state index in [1.165, 1.54) is 12.1 Å². The van der Waals surface area contributed by atoms with Crippen molar-refractivity contribution in [3.8, 4) is 0 Å². The first kappa shape index (κ1) is 13.2. The van der Waals surface area contributed by atoms with E-state index in [0.717, 1.165) is 31.2 Å². The Kier molecular flexibility index (Phi) is 4.36. The second-order valence-electron chi connectivity index (χ2n) is 4.70. The number of halogens is 3. The Balaban J connectivity index is 2.13. The molecule has 1 N–H and O–H groups in total. The number of rotatable bonds is 2. The van der Waals surface area contributed by atoms with Gasteiger partial charge in [-0.1, -0.05) is 0 Å². The van der Waals surface area contributed by atoms with Crippen molar-refractivity contribution in [3.63, 3.8) is 0 Å². The van der Waals surface area contributed by atoms with Gasteiger partial charge in [0.05, 0.1) is 3.57 Å². The molecular formula is C13H15F2IO. The molecule has 0 unspecified atom stereocenters.